The first-order chi connectivity index (χ1) is 11.4. The summed E-state index contributed by atoms with van der Waals surface area (Å²) >= 11 is 0. The zero-order valence-corrected chi connectivity index (χ0v) is 13.2. The summed E-state index contributed by atoms with van der Waals surface area (Å²) in [7, 11) is 0. The molecule has 0 aromatic rings. The maximum absolute atomic E-state index is 11.5. The molecular formula is C15H14O10. The third-order valence-corrected chi connectivity index (χ3v) is 2.40. The van der Waals surface area contributed by atoms with E-state index in [1.807, 2.05) is 0 Å². The Bertz CT molecular complexity index is 708. The van der Waals surface area contributed by atoms with Crippen LogP contribution in [0.4, 0.5) is 0 Å². The van der Waals surface area contributed by atoms with Gasteiger partial charge < -0.3 is 19.7 Å². The highest BCUT2D eigenvalue weighted by Crippen LogP contribution is 2.05. The van der Waals surface area contributed by atoms with Crippen molar-refractivity contribution >= 4 is 35.8 Å². The molecule has 2 N–H and O–H groups in total. The smallest absolute Gasteiger partial charge is 0.341 e. The summed E-state index contributed by atoms with van der Waals surface area (Å²) in [6.07, 6.45) is 0.304. The number of ether oxygens (including phenoxy) is 2. The van der Waals surface area contributed by atoms with Crippen molar-refractivity contribution < 1.29 is 48.5 Å². The SMILES string of the molecule is C=C(CC(=O)OC(=O)/C=C(/C)C(=O)O)C(=O)OC(=O)/C=C(/C)C(=O)O. The van der Waals surface area contributed by atoms with Gasteiger partial charge in [0.25, 0.3) is 0 Å². The lowest BCUT2D eigenvalue weighted by Crippen LogP contribution is -2.18. The Morgan fingerprint density at radius 3 is 1.64 bits per heavy atom. The Morgan fingerprint density at radius 2 is 1.24 bits per heavy atom. The van der Waals surface area contributed by atoms with Crippen LogP contribution >= 0.6 is 0 Å². The van der Waals surface area contributed by atoms with Gasteiger partial charge in [-0.2, -0.15) is 0 Å². The van der Waals surface area contributed by atoms with Crippen LogP contribution in [-0.2, 0) is 38.2 Å². The molecule has 0 aliphatic carbocycles. The monoisotopic (exact) mass is 354 g/mol. The minimum atomic E-state index is -1.39. The van der Waals surface area contributed by atoms with Crippen LogP contribution in [0, 0.1) is 0 Å². The van der Waals surface area contributed by atoms with E-state index in [-0.39, 0.29) is 11.1 Å². The maximum Gasteiger partial charge on any atom is 0.341 e. The van der Waals surface area contributed by atoms with Crippen LogP contribution in [0.25, 0.3) is 0 Å². The van der Waals surface area contributed by atoms with Gasteiger partial charge in [-0.15, -0.1) is 0 Å². The first-order valence-corrected chi connectivity index (χ1v) is 6.45. The number of carbonyl (C=O) groups is 6. The fourth-order valence-corrected chi connectivity index (χ4v) is 1.09. The number of hydrogen-bond acceptors (Lipinski definition) is 8. The zero-order valence-electron chi connectivity index (χ0n) is 13.2. The fraction of sp³-hybridized carbons (Fsp3) is 0.200. The number of carboxylic acid groups (broad SMARTS) is 2. The zero-order chi connectivity index (χ0) is 19.7. The Balaban J connectivity index is 4.63. The van der Waals surface area contributed by atoms with Gasteiger partial charge in [0.1, 0.15) is 0 Å². The number of rotatable bonds is 7. The average Bonchev–Trinajstić information content (AvgIpc) is 2.45. The standard InChI is InChI=1S/C15H14O10/c1-7(13(19)20)4-10(16)24-11(17)6-9(3)15(23)25-12(18)5-8(2)14(21)22/h4-5H,3,6H2,1-2H3,(H,19,20)(H,21,22)/b7-4-,8-5-. The molecule has 10 nitrogen and oxygen atoms in total. The van der Waals surface area contributed by atoms with E-state index < -0.39 is 47.8 Å². The molecule has 0 aromatic heterocycles. The number of carbonyl (C=O) groups excluding carboxylic acids is 4. The topological polar surface area (TPSA) is 161 Å². The van der Waals surface area contributed by atoms with Crippen LogP contribution in [-0.4, -0.2) is 46.0 Å². The van der Waals surface area contributed by atoms with Crippen LogP contribution < -0.4 is 0 Å². The average molecular weight is 354 g/mol. The predicted molar refractivity (Wildman–Crippen MR) is 78.7 cm³/mol. The normalized spacial score (nSPS) is 11.3. The van der Waals surface area contributed by atoms with E-state index in [4.69, 9.17) is 10.2 Å². The first-order valence-electron chi connectivity index (χ1n) is 6.45. The van der Waals surface area contributed by atoms with Gasteiger partial charge in [-0.3, -0.25) is 4.79 Å². The minimum absolute atomic E-state index is 0.373. The molecule has 0 radical (unpaired) electrons. The second-order valence-corrected chi connectivity index (χ2v) is 4.55. The Morgan fingerprint density at radius 1 is 0.840 bits per heavy atom. The molecule has 0 saturated carbocycles. The third kappa shape index (κ3) is 8.59. The van der Waals surface area contributed by atoms with Crippen molar-refractivity contribution in [2.75, 3.05) is 0 Å². The molecule has 0 unspecified atom stereocenters. The van der Waals surface area contributed by atoms with E-state index in [2.05, 4.69) is 16.1 Å². The second kappa shape index (κ2) is 9.55. The van der Waals surface area contributed by atoms with Crippen LogP contribution in [0.15, 0.2) is 35.5 Å². The molecule has 0 aromatic carbocycles. The number of hydrogen-bond donors (Lipinski definition) is 2. The van der Waals surface area contributed by atoms with E-state index >= 15 is 0 Å². The summed E-state index contributed by atoms with van der Waals surface area (Å²) in [5, 5.41) is 17.1. The molecular weight excluding hydrogens is 340 g/mol. The molecule has 0 heterocycles. The molecule has 0 fully saturated rings. The van der Waals surface area contributed by atoms with Gasteiger partial charge >= 0.3 is 35.8 Å². The quantitative estimate of drug-likeness (QED) is 0.365. The largest absolute Gasteiger partial charge is 0.478 e. The van der Waals surface area contributed by atoms with Gasteiger partial charge in [0, 0.05) is 28.9 Å². The van der Waals surface area contributed by atoms with Crippen LogP contribution in [0.5, 0.6) is 0 Å². The summed E-state index contributed by atoms with van der Waals surface area (Å²) in [6.45, 7) is 5.37. The fourth-order valence-electron chi connectivity index (χ4n) is 1.09. The molecule has 134 valence electrons. The summed E-state index contributed by atoms with van der Waals surface area (Å²) in [5.74, 6) is -7.87. The van der Waals surface area contributed by atoms with Crippen molar-refractivity contribution in [3.05, 3.63) is 35.5 Å². The van der Waals surface area contributed by atoms with Gasteiger partial charge in [-0.05, 0) is 13.8 Å². The van der Waals surface area contributed by atoms with Gasteiger partial charge in [0.15, 0.2) is 0 Å². The molecule has 0 spiro atoms. The van der Waals surface area contributed by atoms with E-state index in [0.717, 1.165) is 13.8 Å². The summed E-state index contributed by atoms with van der Waals surface area (Å²) in [4.78, 5) is 66.4. The Hall–Kier alpha value is -3.56. The molecule has 25 heavy (non-hydrogen) atoms. The van der Waals surface area contributed by atoms with Crippen molar-refractivity contribution in [3.8, 4) is 0 Å². The molecule has 0 amide bonds. The molecule has 0 aliphatic heterocycles. The lowest BCUT2D eigenvalue weighted by atomic mass is 10.2. The highest BCUT2D eigenvalue weighted by Gasteiger charge is 2.19. The number of esters is 4. The van der Waals surface area contributed by atoms with Crippen molar-refractivity contribution in [2.24, 2.45) is 0 Å². The van der Waals surface area contributed by atoms with Crippen LogP contribution in [0.2, 0.25) is 0 Å². The Kier molecular flexibility index (Phi) is 8.19. The van der Waals surface area contributed by atoms with Crippen molar-refractivity contribution in [3.63, 3.8) is 0 Å². The van der Waals surface area contributed by atoms with Gasteiger partial charge in [0.05, 0.1) is 6.42 Å². The lowest BCUT2D eigenvalue weighted by molar-refractivity contribution is -0.159. The van der Waals surface area contributed by atoms with E-state index in [1.54, 1.807) is 0 Å². The van der Waals surface area contributed by atoms with Crippen molar-refractivity contribution in [1.29, 1.82) is 0 Å². The van der Waals surface area contributed by atoms with Gasteiger partial charge in [-0.1, -0.05) is 6.58 Å². The highest BCUT2D eigenvalue weighted by molar-refractivity contribution is 6.05. The number of aliphatic carboxylic acids is 2. The van der Waals surface area contributed by atoms with E-state index in [0.29, 0.717) is 12.2 Å². The minimum Gasteiger partial charge on any atom is -0.478 e. The van der Waals surface area contributed by atoms with E-state index in [9.17, 15) is 28.8 Å². The van der Waals surface area contributed by atoms with Crippen LogP contribution in [0.1, 0.15) is 20.3 Å². The van der Waals surface area contributed by atoms with Gasteiger partial charge in [-0.25, -0.2) is 24.0 Å². The molecule has 10 heteroatoms. The second-order valence-electron chi connectivity index (χ2n) is 4.55. The maximum atomic E-state index is 11.5. The summed E-state index contributed by atoms with van der Waals surface area (Å²) in [6, 6.07) is 0. The number of carboxylic acids is 2. The van der Waals surface area contributed by atoms with Crippen LogP contribution in [0.3, 0.4) is 0 Å². The lowest BCUT2D eigenvalue weighted by Gasteiger charge is -2.04. The van der Waals surface area contributed by atoms with Crippen molar-refractivity contribution in [2.45, 2.75) is 20.3 Å². The molecule has 0 aliphatic rings. The molecule has 0 rings (SSSR count). The molecule has 0 bridgehead atoms. The molecule has 0 saturated heterocycles. The van der Waals surface area contributed by atoms with E-state index in [1.165, 1.54) is 0 Å². The molecule has 0 atom stereocenters. The predicted octanol–water partition coefficient (Wildman–Crippen LogP) is 0.134. The first kappa shape index (κ1) is 21.4. The van der Waals surface area contributed by atoms with Crippen molar-refractivity contribution in [1.82, 2.24) is 0 Å². The third-order valence-electron chi connectivity index (χ3n) is 2.40. The highest BCUT2D eigenvalue weighted by atomic mass is 16.6. The summed E-state index contributed by atoms with van der Waals surface area (Å²) < 4.78 is 8.47. The van der Waals surface area contributed by atoms with Gasteiger partial charge in [0.2, 0.25) is 0 Å². The Labute approximate surface area is 141 Å². The summed E-state index contributed by atoms with van der Waals surface area (Å²) in [5.41, 5.74) is -1.29.